The summed E-state index contributed by atoms with van der Waals surface area (Å²) in [7, 11) is 0. The Kier molecular flexibility index (Phi) is 3.32. The van der Waals surface area contributed by atoms with Crippen LogP contribution in [0.3, 0.4) is 0 Å². The van der Waals surface area contributed by atoms with Gasteiger partial charge in [-0.05, 0) is 55.6 Å². The van der Waals surface area contributed by atoms with E-state index in [2.05, 4.69) is 39.8 Å². The maximum atomic E-state index is 4.76. The second kappa shape index (κ2) is 4.57. The summed E-state index contributed by atoms with van der Waals surface area (Å²) in [6.45, 7) is 9.13. The van der Waals surface area contributed by atoms with Crippen molar-refractivity contribution >= 4 is 0 Å². The molecule has 0 aromatic carbocycles. The summed E-state index contributed by atoms with van der Waals surface area (Å²) in [4.78, 5) is 4.76. The van der Waals surface area contributed by atoms with Crippen LogP contribution < -0.4 is 0 Å². The summed E-state index contributed by atoms with van der Waals surface area (Å²) in [5.41, 5.74) is 4.02. The van der Waals surface area contributed by atoms with Crippen molar-refractivity contribution in [3.8, 4) is 0 Å². The van der Waals surface area contributed by atoms with Crippen LogP contribution in [0.5, 0.6) is 0 Å². The molecule has 0 saturated carbocycles. The third-order valence-electron chi connectivity index (χ3n) is 4.05. The molecule has 0 aliphatic heterocycles. The number of fused-ring (bicyclic) bond motifs is 1. The van der Waals surface area contributed by atoms with E-state index < -0.39 is 0 Å². The summed E-state index contributed by atoms with van der Waals surface area (Å²) in [6, 6.07) is 4.45. The Morgan fingerprint density at radius 3 is 2.69 bits per heavy atom. The maximum Gasteiger partial charge on any atom is 0.0444 e. The zero-order chi connectivity index (χ0) is 11.7. The largest absolute Gasteiger partial charge is 0.258 e. The minimum absolute atomic E-state index is 0.687. The van der Waals surface area contributed by atoms with Crippen molar-refractivity contribution in [1.82, 2.24) is 4.98 Å². The van der Waals surface area contributed by atoms with E-state index in [1.165, 1.54) is 30.5 Å². The van der Waals surface area contributed by atoms with Crippen LogP contribution in [0.2, 0.25) is 0 Å². The minimum atomic E-state index is 0.687. The Morgan fingerprint density at radius 1 is 1.25 bits per heavy atom. The second-order valence-electron chi connectivity index (χ2n) is 5.68. The number of aryl methyl sites for hydroxylation is 1. The first-order valence-corrected chi connectivity index (χ1v) is 6.54. The molecule has 2 atom stereocenters. The molecule has 1 aromatic heterocycles. The fourth-order valence-electron chi connectivity index (χ4n) is 2.77. The Hall–Kier alpha value is -0.850. The highest BCUT2D eigenvalue weighted by molar-refractivity contribution is 5.27. The Balaban J connectivity index is 2.34. The zero-order valence-corrected chi connectivity index (χ0v) is 11.0. The van der Waals surface area contributed by atoms with Gasteiger partial charge >= 0.3 is 0 Å². The van der Waals surface area contributed by atoms with Crippen LogP contribution in [0.1, 0.15) is 56.5 Å². The van der Waals surface area contributed by atoms with Crippen LogP contribution in [0.4, 0.5) is 0 Å². The smallest absolute Gasteiger partial charge is 0.0444 e. The van der Waals surface area contributed by atoms with E-state index in [0.717, 1.165) is 17.5 Å². The number of nitrogens with zero attached hydrogens (tertiary/aromatic N) is 1. The molecule has 0 radical (unpaired) electrons. The molecule has 1 aliphatic rings. The van der Waals surface area contributed by atoms with Gasteiger partial charge in [0.1, 0.15) is 0 Å². The van der Waals surface area contributed by atoms with Crippen LogP contribution >= 0.6 is 0 Å². The van der Waals surface area contributed by atoms with Gasteiger partial charge in [-0.25, -0.2) is 0 Å². The zero-order valence-electron chi connectivity index (χ0n) is 11.0. The van der Waals surface area contributed by atoms with Gasteiger partial charge in [0.2, 0.25) is 0 Å². The topological polar surface area (TPSA) is 12.9 Å². The minimum Gasteiger partial charge on any atom is -0.258 e. The molecule has 2 rings (SSSR count). The molecular weight excluding hydrogens is 194 g/mol. The molecular formula is C15H23N. The number of hydrogen-bond donors (Lipinski definition) is 0. The molecule has 1 nitrogen and oxygen atoms in total. The van der Waals surface area contributed by atoms with Crippen LogP contribution in [-0.4, -0.2) is 4.98 Å². The fourth-order valence-corrected chi connectivity index (χ4v) is 2.77. The van der Waals surface area contributed by atoms with Gasteiger partial charge in [-0.1, -0.05) is 26.8 Å². The molecule has 0 unspecified atom stereocenters. The lowest BCUT2D eigenvalue weighted by Crippen LogP contribution is -2.11. The number of pyridine rings is 1. The molecule has 0 amide bonds. The summed E-state index contributed by atoms with van der Waals surface area (Å²) in [5, 5.41) is 0. The maximum absolute atomic E-state index is 4.76. The molecule has 0 saturated heterocycles. The number of rotatable bonds is 1. The predicted octanol–water partition coefficient (Wildman–Crippen LogP) is 4.10. The van der Waals surface area contributed by atoms with E-state index in [1.54, 1.807) is 0 Å². The first-order chi connectivity index (χ1) is 7.58. The van der Waals surface area contributed by atoms with Gasteiger partial charge in [-0.15, -0.1) is 0 Å². The molecule has 16 heavy (non-hydrogen) atoms. The molecule has 1 heteroatoms. The molecule has 0 N–H and O–H groups in total. The lowest BCUT2D eigenvalue weighted by Gasteiger charge is -2.18. The van der Waals surface area contributed by atoms with Gasteiger partial charge < -0.3 is 0 Å². The van der Waals surface area contributed by atoms with Gasteiger partial charge in [-0.2, -0.15) is 0 Å². The predicted molar refractivity (Wildman–Crippen MR) is 68.7 cm³/mol. The van der Waals surface area contributed by atoms with Crippen molar-refractivity contribution in [3.05, 3.63) is 29.1 Å². The van der Waals surface area contributed by atoms with Gasteiger partial charge in [0.05, 0.1) is 0 Å². The fraction of sp³-hybridized carbons (Fsp3) is 0.667. The monoisotopic (exact) mass is 217 g/mol. The average molecular weight is 217 g/mol. The van der Waals surface area contributed by atoms with E-state index in [0.29, 0.717) is 5.92 Å². The summed E-state index contributed by atoms with van der Waals surface area (Å²) in [5.74, 6) is 2.28. The molecule has 0 fully saturated rings. The quantitative estimate of drug-likeness (QED) is 0.645. The van der Waals surface area contributed by atoms with Gasteiger partial charge in [-0.3, -0.25) is 4.98 Å². The summed E-state index contributed by atoms with van der Waals surface area (Å²) in [6.07, 6.45) is 3.86. The van der Waals surface area contributed by atoms with Gasteiger partial charge in [0, 0.05) is 11.4 Å². The molecule has 0 bridgehead atoms. The van der Waals surface area contributed by atoms with E-state index in [-0.39, 0.29) is 0 Å². The van der Waals surface area contributed by atoms with Crippen LogP contribution in [0.15, 0.2) is 12.1 Å². The van der Waals surface area contributed by atoms with Crippen LogP contribution in [0.25, 0.3) is 0 Å². The average Bonchev–Trinajstić information content (AvgIpc) is 2.38. The third kappa shape index (κ3) is 2.28. The number of aromatic nitrogens is 1. The first-order valence-electron chi connectivity index (χ1n) is 6.54. The van der Waals surface area contributed by atoms with Crippen molar-refractivity contribution < 1.29 is 0 Å². The van der Waals surface area contributed by atoms with Crippen molar-refractivity contribution in [3.63, 3.8) is 0 Å². The standard InChI is InChI=1S/C15H23N/c1-10(2)13-7-5-11(3)14-8-6-12(4)16-15(14)9-13/h6,8,10-11,13H,5,7,9H2,1-4H3/t11-,13-/m1/s1. The Bertz CT molecular complexity index is 368. The highest BCUT2D eigenvalue weighted by Crippen LogP contribution is 2.34. The van der Waals surface area contributed by atoms with Crippen molar-refractivity contribution in [2.75, 3.05) is 0 Å². The van der Waals surface area contributed by atoms with Crippen LogP contribution in [-0.2, 0) is 6.42 Å². The lowest BCUT2D eigenvalue weighted by atomic mass is 9.88. The molecule has 0 spiro atoms. The molecule has 1 heterocycles. The van der Waals surface area contributed by atoms with E-state index in [4.69, 9.17) is 4.98 Å². The van der Waals surface area contributed by atoms with Crippen molar-refractivity contribution in [1.29, 1.82) is 0 Å². The molecule has 1 aliphatic carbocycles. The molecule has 1 aromatic rings. The van der Waals surface area contributed by atoms with Crippen LogP contribution in [0, 0.1) is 18.8 Å². The highest BCUT2D eigenvalue weighted by Gasteiger charge is 2.23. The summed E-state index contributed by atoms with van der Waals surface area (Å²) < 4.78 is 0. The normalized spacial score (nSPS) is 25.3. The van der Waals surface area contributed by atoms with Crippen molar-refractivity contribution in [2.24, 2.45) is 11.8 Å². The van der Waals surface area contributed by atoms with E-state index in [1.807, 2.05) is 0 Å². The van der Waals surface area contributed by atoms with Gasteiger partial charge in [0.15, 0.2) is 0 Å². The first kappa shape index (κ1) is 11.6. The summed E-state index contributed by atoms with van der Waals surface area (Å²) >= 11 is 0. The third-order valence-corrected chi connectivity index (χ3v) is 4.05. The Morgan fingerprint density at radius 2 is 2.00 bits per heavy atom. The Labute approximate surface area is 99.3 Å². The SMILES string of the molecule is Cc1ccc2c(n1)C[C@H](C(C)C)CC[C@H]2C. The lowest BCUT2D eigenvalue weighted by molar-refractivity contribution is 0.349. The highest BCUT2D eigenvalue weighted by atomic mass is 14.7. The van der Waals surface area contributed by atoms with Gasteiger partial charge in [0.25, 0.3) is 0 Å². The molecule has 88 valence electrons. The number of hydrogen-bond acceptors (Lipinski definition) is 1. The van der Waals surface area contributed by atoms with E-state index in [9.17, 15) is 0 Å². The van der Waals surface area contributed by atoms with Crippen molar-refractivity contribution in [2.45, 2.75) is 52.9 Å². The van der Waals surface area contributed by atoms with E-state index >= 15 is 0 Å². The second-order valence-corrected chi connectivity index (χ2v) is 5.68.